The molecule has 2 rings (SSSR count). The van der Waals surface area contributed by atoms with Gasteiger partial charge in [-0.2, -0.15) is 0 Å². The Balaban J connectivity index is 1.62. The smallest absolute Gasteiger partial charge is 0.0832 e. The van der Waals surface area contributed by atoms with Gasteiger partial charge in [0.05, 0.1) is 6.61 Å². The lowest BCUT2D eigenvalue weighted by molar-refractivity contribution is 0.0630. The molecule has 1 N–H and O–H groups in total. The SMILES string of the molecule is OCc1cccn1CCCCC1CCOCC1. The molecule has 3 heteroatoms. The summed E-state index contributed by atoms with van der Waals surface area (Å²) in [5.74, 6) is 0.880. The molecule has 1 saturated heterocycles. The number of hydrogen-bond acceptors (Lipinski definition) is 2. The predicted molar refractivity (Wildman–Crippen MR) is 67.7 cm³/mol. The normalized spacial score (nSPS) is 17.5. The van der Waals surface area contributed by atoms with Gasteiger partial charge in [-0.1, -0.05) is 12.8 Å². The largest absolute Gasteiger partial charge is 0.390 e. The Labute approximate surface area is 103 Å². The van der Waals surface area contributed by atoms with Gasteiger partial charge in [-0.15, -0.1) is 0 Å². The second-order valence-corrected chi connectivity index (χ2v) is 4.90. The molecule has 1 aromatic rings. The van der Waals surface area contributed by atoms with Crippen molar-refractivity contribution in [3.8, 4) is 0 Å². The molecule has 0 atom stereocenters. The summed E-state index contributed by atoms with van der Waals surface area (Å²) in [7, 11) is 0. The van der Waals surface area contributed by atoms with Crippen molar-refractivity contribution in [2.24, 2.45) is 5.92 Å². The van der Waals surface area contributed by atoms with Crippen LogP contribution in [-0.4, -0.2) is 22.9 Å². The van der Waals surface area contributed by atoms with Crippen LogP contribution in [0, 0.1) is 5.92 Å². The summed E-state index contributed by atoms with van der Waals surface area (Å²) in [5.41, 5.74) is 1.02. The first-order valence-corrected chi connectivity index (χ1v) is 6.73. The number of nitrogens with zero attached hydrogens (tertiary/aromatic N) is 1. The molecule has 0 radical (unpaired) electrons. The third-order valence-electron chi connectivity index (χ3n) is 3.69. The van der Waals surface area contributed by atoms with Gasteiger partial charge < -0.3 is 14.4 Å². The molecule has 96 valence electrons. The highest BCUT2D eigenvalue weighted by Gasteiger charge is 2.12. The molecule has 0 spiro atoms. The van der Waals surface area contributed by atoms with Crippen LogP contribution < -0.4 is 0 Å². The van der Waals surface area contributed by atoms with Gasteiger partial charge in [0.25, 0.3) is 0 Å². The average Bonchev–Trinajstić information content (AvgIpc) is 2.83. The summed E-state index contributed by atoms with van der Waals surface area (Å²) in [4.78, 5) is 0. The van der Waals surface area contributed by atoms with E-state index in [9.17, 15) is 0 Å². The number of aliphatic hydroxyl groups excluding tert-OH is 1. The minimum Gasteiger partial charge on any atom is -0.390 e. The molecule has 1 aliphatic heterocycles. The van der Waals surface area contributed by atoms with Crippen LogP contribution in [0.3, 0.4) is 0 Å². The van der Waals surface area contributed by atoms with E-state index in [2.05, 4.69) is 10.8 Å². The van der Waals surface area contributed by atoms with E-state index in [4.69, 9.17) is 9.84 Å². The quantitative estimate of drug-likeness (QED) is 0.772. The van der Waals surface area contributed by atoms with Crippen LogP contribution in [0.15, 0.2) is 18.3 Å². The molecule has 0 bridgehead atoms. The van der Waals surface area contributed by atoms with E-state index in [1.54, 1.807) is 0 Å². The fraction of sp³-hybridized carbons (Fsp3) is 0.714. The third kappa shape index (κ3) is 3.86. The van der Waals surface area contributed by atoms with Crippen molar-refractivity contribution in [2.75, 3.05) is 13.2 Å². The van der Waals surface area contributed by atoms with Crippen LogP contribution in [-0.2, 0) is 17.9 Å². The zero-order valence-corrected chi connectivity index (χ0v) is 10.5. The first-order chi connectivity index (χ1) is 8.40. The van der Waals surface area contributed by atoms with E-state index >= 15 is 0 Å². The summed E-state index contributed by atoms with van der Waals surface area (Å²) in [5, 5.41) is 9.13. The molecule has 0 aromatic carbocycles. The van der Waals surface area contributed by atoms with E-state index in [1.165, 1.54) is 32.1 Å². The Kier molecular flexibility index (Phi) is 5.08. The van der Waals surface area contributed by atoms with Crippen molar-refractivity contribution in [2.45, 2.75) is 45.3 Å². The fourth-order valence-corrected chi connectivity index (χ4v) is 2.56. The number of aryl methyl sites for hydroxylation is 1. The number of aliphatic hydroxyl groups is 1. The first kappa shape index (κ1) is 12.7. The first-order valence-electron chi connectivity index (χ1n) is 6.73. The molecule has 1 aliphatic rings. The molecule has 0 aliphatic carbocycles. The Hall–Kier alpha value is -0.800. The topological polar surface area (TPSA) is 34.4 Å². The van der Waals surface area contributed by atoms with Crippen molar-refractivity contribution in [1.82, 2.24) is 4.57 Å². The Morgan fingerprint density at radius 3 is 2.88 bits per heavy atom. The second kappa shape index (κ2) is 6.82. The minimum atomic E-state index is 0.146. The van der Waals surface area contributed by atoms with Gasteiger partial charge >= 0.3 is 0 Å². The Bertz CT molecular complexity index is 316. The van der Waals surface area contributed by atoms with Crippen molar-refractivity contribution in [1.29, 1.82) is 0 Å². The molecular formula is C14H23NO2. The van der Waals surface area contributed by atoms with Crippen molar-refractivity contribution in [3.05, 3.63) is 24.0 Å². The maximum Gasteiger partial charge on any atom is 0.0832 e. The molecule has 0 unspecified atom stereocenters. The van der Waals surface area contributed by atoms with Gasteiger partial charge in [-0.05, 0) is 37.3 Å². The Morgan fingerprint density at radius 1 is 1.29 bits per heavy atom. The van der Waals surface area contributed by atoms with Gasteiger partial charge in [0.2, 0.25) is 0 Å². The number of hydrogen-bond donors (Lipinski definition) is 1. The van der Waals surface area contributed by atoms with E-state index < -0.39 is 0 Å². The highest BCUT2D eigenvalue weighted by molar-refractivity contribution is 5.05. The van der Waals surface area contributed by atoms with E-state index in [0.717, 1.165) is 31.4 Å². The number of unbranched alkanes of at least 4 members (excludes halogenated alkanes) is 1. The van der Waals surface area contributed by atoms with Gasteiger partial charge in [0.1, 0.15) is 0 Å². The zero-order chi connectivity index (χ0) is 11.9. The molecule has 17 heavy (non-hydrogen) atoms. The Morgan fingerprint density at radius 2 is 2.12 bits per heavy atom. The predicted octanol–water partition coefficient (Wildman–Crippen LogP) is 2.58. The number of aromatic nitrogens is 1. The maximum atomic E-state index is 9.13. The van der Waals surface area contributed by atoms with Crippen LogP contribution in [0.4, 0.5) is 0 Å². The van der Waals surface area contributed by atoms with Gasteiger partial charge in [0, 0.05) is 31.6 Å². The lowest BCUT2D eigenvalue weighted by Gasteiger charge is -2.21. The van der Waals surface area contributed by atoms with Crippen LogP contribution in [0.2, 0.25) is 0 Å². The van der Waals surface area contributed by atoms with E-state index in [1.807, 2.05) is 12.1 Å². The number of rotatable bonds is 6. The summed E-state index contributed by atoms with van der Waals surface area (Å²) in [6.45, 7) is 3.09. The molecular weight excluding hydrogens is 214 g/mol. The summed E-state index contributed by atoms with van der Waals surface area (Å²) in [6, 6.07) is 3.99. The van der Waals surface area contributed by atoms with E-state index in [0.29, 0.717) is 0 Å². The number of ether oxygens (including phenoxy) is 1. The maximum absolute atomic E-state index is 9.13. The van der Waals surface area contributed by atoms with Crippen molar-refractivity contribution in [3.63, 3.8) is 0 Å². The van der Waals surface area contributed by atoms with Crippen LogP contribution >= 0.6 is 0 Å². The zero-order valence-electron chi connectivity index (χ0n) is 10.5. The molecule has 0 saturated carbocycles. The van der Waals surface area contributed by atoms with Gasteiger partial charge in [-0.25, -0.2) is 0 Å². The molecule has 3 nitrogen and oxygen atoms in total. The van der Waals surface area contributed by atoms with Crippen LogP contribution in [0.25, 0.3) is 0 Å². The lowest BCUT2D eigenvalue weighted by atomic mass is 9.94. The van der Waals surface area contributed by atoms with E-state index in [-0.39, 0.29) is 6.61 Å². The third-order valence-corrected chi connectivity index (χ3v) is 3.69. The minimum absolute atomic E-state index is 0.146. The molecule has 0 amide bonds. The van der Waals surface area contributed by atoms with Crippen molar-refractivity contribution < 1.29 is 9.84 Å². The summed E-state index contributed by atoms with van der Waals surface area (Å²) in [6.07, 6.45) is 8.36. The monoisotopic (exact) mass is 237 g/mol. The molecule has 1 fully saturated rings. The van der Waals surface area contributed by atoms with Gasteiger partial charge in [-0.3, -0.25) is 0 Å². The average molecular weight is 237 g/mol. The fourth-order valence-electron chi connectivity index (χ4n) is 2.56. The summed E-state index contributed by atoms with van der Waals surface area (Å²) < 4.78 is 7.52. The summed E-state index contributed by atoms with van der Waals surface area (Å²) >= 11 is 0. The highest BCUT2D eigenvalue weighted by Crippen LogP contribution is 2.21. The van der Waals surface area contributed by atoms with Crippen molar-refractivity contribution >= 4 is 0 Å². The second-order valence-electron chi connectivity index (χ2n) is 4.90. The van der Waals surface area contributed by atoms with Crippen LogP contribution in [0.5, 0.6) is 0 Å². The van der Waals surface area contributed by atoms with Crippen LogP contribution in [0.1, 0.15) is 37.8 Å². The standard InChI is InChI=1S/C14H23NO2/c16-12-14-5-3-9-15(14)8-2-1-4-13-6-10-17-11-7-13/h3,5,9,13,16H,1-2,4,6-8,10-12H2. The lowest BCUT2D eigenvalue weighted by Crippen LogP contribution is -2.15. The highest BCUT2D eigenvalue weighted by atomic mass is 16.5. The van der Waals surface area contributed by atoms with Gasteiger partial charge in [0.15, 0.2) is 0 Å². The molecule has 2 heterocycles. The molecule has 1 aromatic heterocycles.